The average Bonchev–Trinajstić information content (AvgIpc) is 2.86. The fourth-order valence-corrected chi connectivity index (χ4v) is 2.39. The van der Waals surface area contributed by atoms with Gasteiger partial charge in [0.2, 0.25) is 0 Å². The molecule has 0 N–H and O–H groups in total. The Labute approximate surface area is 105 Å². The van der Waals surface area contributed by atoms with E-state index in [-0.39, 0.29) is 5.78 Å². The number of ketones is 1. The lowest BCUT2D eigenvalue weighted by molar-refractivity contribution is 0.105. The zero-order valence-electron chi connectivity index (χ0n) is 9.72. The molecule has 1 nitrogen and oxygen atoms in total. The number of carbonyl (C=O) groups is 1. The lowest BCUT2D eigenvalue weighted by Crippen LogP contribution is -1.88. The Morgan fingerprint density at radius 3 is 2.59 bits per heavy atom. The molecule has 0 atom stereocenters. The van der Waals surface area contributed by atoms with E-state index in [9.17, 15) is 4.79 Å². The van der Waals surface area contributed by atoms with Crippen molar-refractivity contribution in [2.24, 2.45) is 0 Å². The summed E-state index contributed by atoms with van der Waals surface area (Å²) in [5.41, 5.74) is 1.05. The molecule has 86 valence electrons. The van der Waals surface area contributed by atoms with Crippen LogP contribution in [0.4, 0.5) is 0 Å². The van der Waals surface area contributed by atoms with Gasteiger partial charge in [-0.05, 0) is 30.2 Å². The molecule has 2 aromatic rings. The van der Waals surface area contributed by atoms with Gasteiger partial charge in [0.25, 0.3) is 0 Å². The predicted octanol–water partition coefficient (Wildman–Crippen LogP) is 4.21. The van der Waals surface area contributed by atoms with Gasteiger partial charge in [0.1, 0.15) is 0 Å². The monoisotopic (exact) mass is 242 g/mol. The van der Waals surface area contributed by atoms with Gasteiger partial charge in [0, 0.05) is 4.88 Å². The van der Waals surface area contributed by atoms with Crippen molar-refractivity contribution in [3.63, 3.8) is 0 Å². The highest BCUT2D eigenvalue weighted by Crippen LogP contribution is 2.18. The van der Waals surface area contributed by atoms with Gasteiger partial charge in [-0.25, -0.2) is 0 Å². The molecule has 0 amide bonds. The Morgan fingerprint density at radius 1 is 1.18 bits per heavy atom. The molecule has 0 bridgehead atoms. The topological polar surface area (TPSA) is 17.1 Å². The number of rotatable bonds is 4. The number of hydrogen-bond donors (Lipinski definition) is 0. The molecule has 0 fully saturated rings. The van der Waals surface area contributed by atoms with Crippen LogP contribution in [0.2, 0.25) is 0 Å². The van der Waals surface area contributed by atoms with Gasteiger partial charge in [0.15, 0.2) is 5.78 Å². The second-order valence-corrected chi connectivity index (χ2v) is 4.90. The van der Waals surface area contributed by atoms with Crippen molar-refractivity contribution in [3.8, 4) is 0 Å². The molecule has 1 aromatic heterocycles. The molecule has 0 spiro atoms. The van der Waals surface area contributed by atoms with E-state index in [1.807, 2.05) is 48.5 Å². The summed E-state index contributed by atoms with van der Waals surface area (Å²) in [5.74, 6) is 0.0820. The molecule has 0 saturated heterocycles. The predicted molar refractivity (Wildman–Crippen MR) is 73.5 cm³/mol. The van der Waals surface area contributed by atoms with E-state index in [1.54, 1.807) is 17.4 Å². The van der Waals surface area contributed by atoms with Gasteiger partial charge in [-0.15, -0.1) is 11.3 Å². The standard InChI is InChI=1S/C15H14OS/c1-2-13-9-11-15(17-13)14(16)10-8-12-6-4-3-5-7-12/h3-11H,2H2,1H3/b10-8+. The number of allylic oxidation sites excluding steroid dienone is 1. The third-order valence-electron chi connectivity index (χ3n) is 2.48. The molecule has 1 heterocycles. The Kier molecular flexibility index (Phi) is 3.89. The van der Waals surface area contributed by atoms with Crippen LogP contribution >= 0.6 is 11.3 Å². The maximum absolute atomic E-state index is 11.9. The molecule has 2 rings (SSSR count). The average molecular weight is 242 g/mol. The number of carbonyl (C=O) groups excluding carboxylic acids is 1. The SMILES string of the molecule is CCc1ccc(C(=O)/C=C/c2ccccc2)s1. The first-order valence-electron chi connectivity index (χ1n) is 5.66. The summed E-state index contributed by atoms with van der Waals surface area (Å²) in [7, 11) is 0. The Balaban J connectivity index is 2.09. The van der Waals surface area contributed by atoms with Crippen LogP contribution in [-0.4, -0.2) is 5.78 Å². The molecule has 0 unspecified atom stereocenters. The van der Waals surface area contributed by atoms with Crippen molar-refractivity contribution < 1.29 is 4.79 Å². The smallest absolute Gasteiger partial charge is 0.195 e. The maximum Gasteiger partial charge on any atom is 0.195 e. The van der Waals surface area contributed by atoms with E-state index in [0.29, 0.717) is 0 Å². The molecule has 0 aliphatic rings. The van der Waals surface area contributed by atoms with Crippen LogP contribution in [0.15, 0.2) is 48.5 Å². The van der Waals surface area contributed by atoms with Crippen LogP contribution in [0.5, 0.6) is 0 Å². The highest BCUT2D eigenvalue weighted by atomic mass is 32.1. The van der Waals surface area contributed by atoms with Crippen LogP contribution in [0.25, 0.3) is 6.08 Å². The van der Waals surface area contributed by atoms with Crippen LogP contribution in [0.3, 0.4) is 0 Å². The van der Waals surface area contributed by atoms with E-state index >= 15 is 0 Å². The number of benzene rings is 1. The van der Waals surface area contributed by atoms with Gasteiger partial charge in [0.05, 0.1) is 4.88 Å². The summed E-state index contributed by atoms with van der Waals surface area (Å²) in [6, 6.07) is 13.8. The van der Waals surface area contributed by atoms with Crippen molar-refractivity contribution >= 4 is 23.2 Å². The molecule has 0 aliphatic carbocycles. The van der Waals surface area contributed by atoms with Gasteiger partial charge < -0.3 is 0 Å². The van der Waals surface area contributed by atoms with E-state index < -0.39 is 0 Å². The van der Waals surface area contributed by atoms with Crippen molar-refractivity contribution in [1.82, 2.24) is 0 Å². The Hall–Kier alpha value is -1.67. The second-order valence-electron chi connectivity index (χ2n) is 3.73. The minimum Gasteiger partial charge on any atom is -0.288 e. The van der Waals surface area contributed by atoms with Crippen molar-refractivity contribution in [3.05, 3.63) is 63.9 Å². The highest BCUT2D eigenvalue weighted by molar-refractivity contribution is 7.14. The van der Waals surface area contributed by atoms with Crippen LogP contribution in [0, 0.1) is 0 Å². The number of thiophene rings is 1. The molecular weight excluding hydrogens is 228 g/mol. The maximum atomic E-state index is 11.9. The number of aryl methyl sites for hydroxylation is 1. The minimum absolute atomic E-state index is 0.0820. The second kappa shape index (κ2) is 5.60. The molecule has 0 aliphatic heterocycles. The normalized spacial score (nSPS) is 10.9. The molecular formula is C15H14OS. The fourth-order valence-electron chi connectivity index (χ4n) is 1.52. The number of hydrogen-bond acceptors (Lipinski definition) is 2. The first-order chi connectivity index (χ1) is 8.29. The van der Waals surface area contributed by atoms with Gasteiger partial charge in [-0.1, -0.05) is 43.3 Å². The van der Waals surface area contributed by atoms with E-state index in [2.05, 4.69) is 6.92 Å². The van der Waals surface area contributed by atoms with E-state index in [0.717, 1.165) is 16.9 Å². The molecule has 0 saturated carbocycles. The highest BCUT2D eigenvalue weighted by Gasteiger charge is 2.04. The summed E-state index contributed by atoms with van der Waals surface area (Å²) < 4.78 is 0. The van der Waals surface area contributed by atoms with Gasteiger partial charge in [-0.3, -0.25) is 4.79 Å². The van der Waals surface area contributed by atoms with Crippen molar-refractivity contribution in [2.75, 3.05) is 0 Å². The Bertz CT molecular complexity index is 523. The van der Waals surface area contributed by atoms with Gasteiger partial charge in [-0.2, -0.15) is 0 Å². The quantitative estimate of drug-likeness (QED) is 0.580. The zero-order chi connectivity index (χ0) is 12.1. The van der Waals surface area contributed by atoms with Crippen LogP contribution in [0.1, 0.15) is 27.0 Å². The summed E-state index contributed by atoms with van der Waals surface area (Å²) in [4.78, 5) is 13.9. The summed E-state index contributed by atoms with van der Waals surface area (Å²) in [5, 5.41) is 0. The Morgan fingerprint density at radius 2 is 1.94 bits per heavy atom. The lowest BCUT2D eigenvalue weighted by atomic mass is 10.2. The van der Waals surface area contributed by atoms with Crippen LogP contribution in [-0.2, 0) is 6.42 Å². The lowest BCUT2D eigenvalue weighted by Gasteiger charge is -1.91. The zero-order valence-corrected chi connectivity index (χ0v) is 10.5. The van der Waals surface area contributed by atoms with Crippen molar-refractivity contribution in [1.29, 1.82) is 0 Å². The molecule has 17 heavy (non-hydrogen) atoms. The fraction of sp³-hybridized carbons (Fsp3) is 0.133. The summed E-state index contributed by atoms with van der Waals surface area (Å²) in [6.07, 6.45) is 4.48. The summed E-state index contributed by atoms with van der Waals surface area (Å²) in [6.45, 7) is 2.10. The molecule has 0 radical (unpaired) electrons. The van der Waals surface area contributed by atoms with E-state index in [1.165, 1.54) is 4.88 Å². The third kappa shape index (κ3) is 3.14. The first kappa shape index (κ1) is 11.8. The van der Waals surface area contributed by atoms with E-state index in [4.69, 9.17) is 0 Å². The first-order valence-corrected chi connectivity index (χ1v) is 6.47. The van der Waals surface area contributed by atoms with Crippen molar-refractivity contribution in [2.45, 2.75) is 13.3 Å². The molecule has 2 heteroatoms. The minimum atomic E-state index is 0.0820. The van der Waals surface area contributed by atoms with Gasteiger partial charge >= 0.3 is 0 Å². The third-order valence-corrected chi connectivity index (χ3v) is 3.72. The molecule has 1 aromatic carbocycles. The van der Waals surface area contributed by atoms with Crippen LogP contribution < -0.4 is 0 Å². The largest absolute Gasteiger partial charge is 0.288 e. The summed E-state index contributed by atoms with van der Waals surface area (Å²) >= 11 is 1.58.